The van der Waals surface area contributed by atoms with Crippen molar-refractivity contribution >= 4 is 34.8 Å². The highest BCUT2D eigenvalue weighted by molar-refractivity contribution is 6.31. The molecule has 6 nitrogen and oxygen atoms in total. The van der Waals surface area contributed by atoms with Crippen LogP contribution in [0.25, 0.3) is 0 Å². The standard InChI is InChI=1S/C19H21ClN2O4/c1-12-9-17(18(26-4)10-16(12)20)21-19(24)11-22(13(2)23)14-5-7-15(25-3)8-6-14/h5-10H,11H2,1-4H3,(H,21,24). The Morgan fingerprint density at radius 2 is 1.77 bits per heavy atom. The number of nitrogens with one attached hydrogen (secondary N) is 1. The van der Waals surface area contributed by atoms with Crippen LogP contribution in [0, 0.1) is 6.92 Å². The average Bonchev–Trinajstić information content (AvgIpc) is 2.62. The number of halogens is 1. The Morgan fingerprint density at radius 3 is 2.31 bits per heavy atom. The Labute approximate surface area is 157 Å². The van der Waals surface area contributed by atoms with Gasteiger partial charge in [-0.25, -0.2) is 0 Å². The number of hydrogen-bond acceptors (Lipinski definition) is 4. The number of carbonyl (C=O) groups is 2. The van der Waals surface area contributed by atoms with Crippen molar-refractivity contribution in [2.24, 2.45) is 0 Å². The first-order valence-corrected chi connectivity index (χ1v) is 8.29. The zero-order chi connectivity index (χ0) is 19.3. The molecule has 2 amide bonds. The van der Waals surface area contributed by atoms with Crippen LogP contribution >= 0.6 is 11.6 Å². The minimum absolute atomic E-state index is 0.132. The van der Waals surface area contributed by atoms with E-state index in [0.29, 0.717) is 27.9 Å². The summed E-state index contributed by atoms with van der Waals surface area (Å²) in [5.41, 5.74) is 1.91. The molecule has 0 unspecified atom stereocenters. The summed E-state index contributed by atoms with van der Waals surface area (Å²) < 4.78 is 10.4. The Hall–Kier alpha value is -2.73. The molecule has 1 N–H and O–H groups in total. The lowest BCUT2D eigenvalue weighted by Crippen LogP contribution is -2.36. The first-order valence-electron chi connectivity index (χ1n) is 7.92. The van der Waals surface area contributed by atoms with Gasteiger partial charge in [0.2, 0.25) is 11.8 Å². The fourth-order valence-corrected chi connectivity index (χ4v) is 2.56. The third-order valence-electron chi connectivity index (χ3n) is 3.82. The van der Waals surface area contributed by atoms with Crippen molar-refractivity contribution < 1.29 is 19.1 Å². The second-order valence-electron chi connectivity index (χ2n) is 5.65. The minimum Gasteiger partial charge on any atom is -0.497 e. The second kappa shape index (κ2) is 8.58. The second-order valence-corrected chi connectivity index (χ2v) is 6.06. The molecule has 0 spiro atoms. The van der Waals surface area contributed by atoms with Gasteiger partial charge in [0.05, 0.1) is 19.9 Å². The molecule has 0 aliphatic carbocycles. The fourth-order valence-electron chi connectivity index (χ4n) is 2.41. The van der Waals surface area contributed by atoms with E-state index in [2.05, 4.69) is 5.32 Å². The van der Waals surface area contributed by atoms with Crippen molar-refractivity contribution in [1.29, 1.82) is 0 Å². The molecule has 26 heavy (non-hydrogen) atoms. The van der Waals surface area contributed by atoms with E-state index in [1.165, 1.54) is 18.9 Å². The number of benzene rings is 2. The maximum Gasteiger partial charge on any atom is 0.244 e. The van der Waals surface area contributed by atoms with E-state index in [4.69, 9.17) is 21.1 Å². The van der Waals surface area contributed by atoms with Gasteiger partial charge in [0.15, 0.2) is 0 Å². The van der Waals surface area contributed by atoms with Gasteiger partial charge in [0.25, 0.3) is 0 Å². The Balaban J connectivity index is 2.18. The van der Waals surface area contributed by atoms with E-state index in [1.807, 2.05) is 6.92 Å². The number of carbonyl (C=O) groups excluding carboxylic acids is 2. The molecular weight excluding hydrogens is 356 g/mol. The van der Waals surface area contributed by atoms with E-state index in [0.717, 1.165) is 5.56 Å². The van der Waals surface area contributed by atoms with Crippen molar-refractivity contribution in [3.05, 3.63) is 47.0 Å². The number of rotatable bonds is 6. The first kappa shape index (κ1) is 19.6. The van der Waals surface area contributed by atoms with Crippen LogP contribution < -0.4 is 19.7 Å². The van der Waals surface area contributed by atoms with Crippen LogP contribution in [0.4, 0.5) is 11.4 Å². The van der Waals surface area contributed by atoms with Crippen molar-refractivity contribution in [3.63, 3.8) is 0 Å². The summed E-state index contributed by atoms with van der Waals surface area (Å²) in [6, 6.07) is 10.3. The predicted molar refractivity (Wildman–Crippen MR) is 102 cm³/mol. The summed E-state index contributed by atoms with van der Waals surface area (Å²) >= 11 is 6.08. The van der Waals surface area contributed by atoms with Crippen LogP contribution in [0.1, 0.15) is 12.5 Å². The fraction of sp³-hybridized carbons (Fsp3) is 0.263. The van der Waals surface area contributed by atoms with Gasteiger partial charge >= 0.3 is 0 Å². The monoisotopic (exact) mass is 376 g/mol. The number of ether oxygens (including phenoxy) is 2. The van der Waals surface area contributed by atoms with Gasteiger partial charge in [0.1, 0.15) is 18.0 Å². The van der Waals surface area contributed by atoms with E-state index < -0.39 is 0 Å². The van der Waals surface area contributed by atoms with Gasteiger partial charge in [0, 0.05) is 23.7 Å². The lowest BCUT2D eigenvalue weighted by atomic mass is 10.2. The van der Waals surface area contributed by atoms with Crippen molar-refractivity contribution in [2.45, 2.75) is 13.8 Å². The van der Waals surface area contributed by atoms with Crippen LogP contribution in [0.2, 0.25) is 5.02 Å². The Bertz CT molecular complexity index is 806. The maximum atomic E-state index is 12.5. The number of aryl methyl sites for hydroxylation is 1. The zero-order valence-corrected chi connectivity index (χ0v) is 15.9. The molecule has 0 saturated carbocycles. The quantitative estimate of drug-likeness (QED) is 0.835. The Morgan fingerprint density at radius 1 is 1.12 bits per heavy atom. The van der Waals surface area contributed by atoms with E-state index in [9.17, 15) is 9.59 Å². The highest BCUT2D eigenvalue weighted by atomic mass is 35.5. The molecule has 0 heterocycles. The Kier molecular flexibility index (Phi) is 6.46. The third kappa shape index (κ3) is 4.67. The minimum atomic E-state index is -0.351. The van der Waals surface area contributed by atoms with Crippen LogP contribution in [-0.4, -0.2) is 32.6 Å². The molecular formula is C19H21ClN2O4. The molecule has 2 aromatic carbocycles. The molecule has 0 aliphatic heterocycles. The molecule has 0 aliphatic rings. The molecule has 2 aromatic rings. The van der Waals surface area contributed by atoms with Gasteiger partial charge in [-0.1, -0.05) is 11.6 Å². The summed E-state index contributed by atoms with van der Waals surface area (Å²) in [4.78, 5) is 25.8. The third-order valence-corrected chi connectivity index (χ3v) is 4.23. The zero-order valence-electron chi connectivity index (χ0n) is 15.1. The van der Waals surface area contributed by atoms with Crippen LogP contribution in [0.3, 0.4) is 0 Å². The molecule has 0 aromatic heterocycles. The van der Waals surface area contributed by atoms with Gasteiger partial charge in [-0.05, 0) is 42.8 Å². The predicted octanol–water partition coefficient (Wildman–Crippen LogP) is 3.66. The van der Waals surface area contributed by atoms with Crippen molar-refractivity contribution in [3.8, 4) is 11.5 Å². The summed E-state index contributed by atoms with van der Waals surface area (Å²) in [7, 11) is 3.06. The van der Waals surface area contributed by atoms with Gasteiger partial charge < -0.3 is 19.7 Å². The molecule has 0 bridgehead atoms. The SMILES string of the molecule is COc1ccc(N(CC(=O)Nc2cc(C)c(Cl)cc2OC)C(C)=O)cc1. The lowest BCUT2D eigenvalue weighted by molar-refractivity contribution is -0.120. The van der Waals surface area contributed by atoms with Gasteiger partial charge in [-0.2, -0.15) is 0 Å². The average molecular weight is 377 g/mol. The number of anilines is 2. The molecule has 7 heteroatoms. The summed E-state index contributed by atoms with van der Waals surface area (Å²) in [6.45, 7) is 3.10. The van der Waals surface area contributed by atoms with E-state index in [1.54, 1.807) is 43.5 Å². The largest absolute Gasteiger partial charge is 0.497 e. The van der Waals surface area contributed by atoms with Gasteiger partial charge in [-0.3, -0.25) is 9.59 Å². The van der Waals surface area contributed by atoms with Crippen LogP contribution in [0.15, 0.2) is 36.4 Å². The number of methoxy groups -OCH3 is 2. The van der Waals surface area contributed by atoms with Crippen molar-refractivity contribution in [2.75, 3.05) is 31.0 Å². The smallest absolute Gasteiger partial charge is 0.244 e. The van der Waals surface area contributed by atoms with Crippen molar-refractivity contribution in [1.82, 2.24) is 0 Å². The molecule has 0 atom stereocenters. The molecule has 0 fully saturated rings. The topological polar surface area (TPSA) is 67.9 Å². The molecule has 0 saturated heterocycles. The summed E-state index contributed by atoms with van der Waals surface area (Å²) in [5, 5.41) is 3.31. The van der Waals surface area contributed by atoms with Crippen LogP contribution in [0.5, 0.6) is 11.5 Å². The lowest BCUT2D eigenvalue weighted by Gasteiger charge is -2.21. The summed E-state index contributed by atoms with van der Waals surface area (Å²) in [5.74, 6) is 0.525. The molecule has 2 rings (SSSR count). The summed E-state index contributed by atoms with van der Waals surface area (Å²) in [6.07, 6.45) is 0. The van der Waals surface area contributed by atoms with E-state index in [-0.39, 0.29) is 18.4 Å². The highest BCUT2D eigenvalue weighted by Crippen LogP contribution is 2.31. The first-order chi connectivity index (χ1) is 12.3. The van der Waals surface area contributed by atoms with Gasteiger partial charge in [-0.15, -0.1) is 0 Å². The molecule has 0 radical (unpaired) electrons. The van der Waals surface area contributed by atoms with E-state index >= 15 is 0 Å². The number of hydrogen-bond donors (Lipinski definition) is 1. The molecule has 138 valence electrons. The normalized spacial score (nSPS) is 10.2. The maximum absolute atomic E-state index is 12.5. The highest BCUT2D eigenvalue weighted by Gasteiger charge is 2.17. The van der Waals surface area contributed by atoms with Crippen LogP contribution in [-0.2, 0) is 9.59 Å². The number of nitrogens with zero attached hydrogens (tertiary/aromatic N) is 1. The number of amides is 2.